The summed E-state index contributed by atoms with van der Waals surface area (Å²) < 4.78 is 10.9. The number of anilines is 1. The second-order valence-corrected chi connectivity index (χ2v) is 17.3. The lowest BCUT2D eigenvalue weighted by Crippen LogP contribution is -2.61. The number of aliphatic hydroxyl groups is 2. The summed E-state index contributed by atoms with van der Waals surface area (Å²) in [5, 5.41) is 28.7. The van der Waals surface area contributed by atoms with Crippen molar-refractivity contribution in [2.75, 3.05) is 18.5 Å². The van der Waals surface area contributed by atoms with Crippen LogP contribution in [0.3, 0.4) is 0 Å². The predicted molar refractivity (Wildman–Crippen MR) is 225 cm³/mol. The lowest BCUT2D eigenvalue weighted by atomic mass is 9.46. The number of benzene rings is 4. The number of allylic oxidation sites excluding steroid dienone is 4. The van der Waals surface area contributed by atoms with Gasteiger partial charge in [0.1, 0.15) is 12.2 Å². The van der Waals surface area contributed by atoms with Gasteiger partial charge in [-0.1, -0.05) is 80.1 Å². The van der Waals surface area contributed by atoms with E-state index in [1.807, 2.05) is 55.5 Å². The van der Waals surface area contributed by atoms with Crippen molar-refractivity contribution in [1.82, 2.24) is 0 Å². The highest BCUT2D eigenvalue weighted by Crippen LogP contribution is 2.67. The van der Waals surface area contributed by atoms with Gasteiger partial charge in [0.2, 0.25) is 11.7 Å². The monoisotopic (exact) mass is 810 g/mol. The van der Waals surface area contributed by atoms with Crippen molar-refractivity contribution in [3.63, 3.8) is 0 Å². The number of Topliss-reactive ketones (excluding diaryl/α,β-unsaturated/α-hetero) is 1. The van der Waals surface area contributed by atoms with Crippen molar-refractivity contribution < 1.29 is 43.7 Å². The summed E-state index contributed by atoms with van der Waals surface area (Å²) in [5.41, 5.74) is 6.29. The Kier molecular flexibility index (Phi) is 11.0. The first-order valence-corrected chi connectivity index (χ1v) is 20.6. The number of hydrogen-bond acceptors (Lipinski definition) is 10. The number of nitrogens with one attached hydrogen (secondary N) is 1. The Hall–Kier alpha value is -5.75. The first-order chi connectivity index (χ1) is 28.7. The molecule has 11 heteroatoms. The second-order valence-electron chi connectivity index (χ2n) is 17.3. The van der Waals surface area contributed by atoms with Crippen LogP contribution in [0.1, 0.15) is 83.7 Å². The van der Waals surface area contributed by atoms with Gasteiger partial charge in [0.25, 0.3) is 0 Å². The van der Waals surface area contributed by atoms with E-state index in [4.69, 9.17) is 15.2 Å². The maximum Gasteiger partial charge on any atom is 0.338 e. The first-order valence-electron chi connectivity index (χ1n) is 20.6. The topological polar surface area (TPSA) is 182 Å². The van der Waals surface area contributed by atoms with E-state index in [2.05, 4.69) is 12.2 Å². The van der Waals surface area contributed by atoms with E-state index in [1.54, 1.807) is 36.4 Å². The largest absolute Gasteiger partial charge is 0.457 e. The third kappa shape index (κ3) is 7.29. The van der Waals surface area contributed by atoms with Crippen LogP contribution in [-0.2, 0) is 30.5 Å². The summed E-state index contributed by atoms with van der Waals surface area (Å²) in [5.74, 6) is -2.98. The van der Waals surface area contributed by atoms with Crippen LogP contribution in [0.2, 0.25) is 0 Å². The molecule has 0 spiro atoms. The van der Waals surface area contributed by atoms with Gasteiger partial charge in [0, 0.05) is 29.0 Å². The molecule has 11 nitrogen and oxygen atoms in total. The Morgan fingerprint density at radius 2 is 1.57 bits per heavy atom. The van der Waals surface area contributed by atoms with E-state index in [1.165, 1.54) is 24.3 Å². The van der Waals surface area contributed by atoms with E-state index < -0.39 is 52.8 Å². The molecule has 0 heterocycles. The number of aliphatic hydroxyl groups excluding tert-OH is 1. The number of ketones is 2. The third-order valence-corrected chi connectivity index (χ3v) is 14.1. The third-order valence-electron chi connectivity index (χ3n) is 14.1. The maximum absolute atomic E-state index is 13.7. The van der Waals surface area contributed by atoms with Crippen molar-refractivity contribution in [1.29, 1.82) is 0 Å². The van der Waals surface area contributed by atoms with E-state index in [-0.39, 0.29) is 66.6 Å². The number of rotatable bonds is 11. The van der Waals surface area contributed by atoms with E-state index in [0.717, 1.165) is 28.3 Å². The Morgan fingerprint density at radius 3 is 2.27 bits per heavy atom. The van der Waals surface area contributed by atoms with Crippen LogP contribution >= 0.6 is 0 Å². The minimum Gasteiger partial charge on any atom is -0.457 e. The number of nitrogens with two attached hydrogens (primary N) is 1. The number of ether oxygens (including phenoxy) is 2. The Labute approximate surface area is 348 Å². The van der Waals surface area contributed by atoms with Crippen LogP contribution in [0.15, 0.2) is 115 Å². The number of fused-ring (bicyclic) bond motifs is 6. The lowest BCUT2D eigenvalue weighted by molar-refractivity contribution is -0.178. The van der Waals surface area contributed by atoms with Gasteiger partial charge in [-0.15, -0.1) is 0 Å². The zero-order chi connectivity index (χ0) is 42.4. The lowest BCUT2D eigenvalue weighted by Gasteiger charge is -2.59. The summed E-state index contributed by atoms with van der Waals surface area (Å²) in [4.78, 5) is 65.0. The molecule has 4 aromatic carbocycles. The zero-order valence-corrected chi connectivity index (χ0v) is 33.8. The Balaban J connectivity index is 0.830. The fourth-order valence-electron chi connectivity index (χ4n) is 10.8. The summed E-state index contributed by atoms with van der Waals surface area (Å²) in [6, 6.07) is 26.4. The van der Waals surface area contributed by atoms with Crippen LogP contribution in [0.5, 0.6) is 0 Å². The summed E-state index contributed by atoms with van der Waals surface area (Å²) in [7, 11) is 0. The van der Waals surface area contributed by atoms with Gasteiger partial charge in [-0.3, -0.25) is 14.4 Å². The van der Waals surface area contributed by atoms with Crippen molar-refractivity contribution >= 4 is 45.9 Å². The molecule has 60 heavy (non-hydrogen) atoms. The van der Waals surface area contributed by atoms with Gasteiger partial charge >= 0.3 is 11.9 Å². The molecule has 0 radical (unpaired) electrons. The highest BCUT2D eigenvalue weighted by molar-refractivity contribution is 6.01. The molecule has 5 N–H and O–H groups in total. The first kappa shape index (κ1) is 41.0. The molecule has 4 aromatic rings. The number of amides is 1. The standard InChI is InChI=1S/C49H50N2O9/c1-47-21-19-37(52)24-35(47)16-18-38-40-20-22-49(58,48(40,2)25-41(53)43(38)47)42(54)28-60-46(57)33-13-11-32(12-14-33)45(56)59-27-29-7-9-31(10-8-29)39(26-50)44(55)51-36-17-15-30-5-3-4-6-34(30)23-36/h3-15,17,19,21,23-24,38-41,43,53,58H,16,18,20,22,25-28,50H2,1-2H3,(H,51,55)/t38-,39+,40-,41-,43+,47-,48-,49-/m0/s1. The van der Waals surface area contributed by atoms with Crippen LogP contribution < -0.4 is 11.1 Å². The molecule has 8 rings (SSSR count). The molecule has 1 amide bonds. The van der Waals surface area contributed by atoms with Gasteiger partial charge in [-0.05, 0) is 114 Å². The molecular formula is C49H50N2O9. The fourth-order valence-corrected chi connectivity index (χ4v) is 10.8. The van der Waals surface area contributed by atoms with Crippen LogP contribution in [0, 0.1) is 28.6 Å². The summed E-state index contributed by atoms with van der Waals surface area (Å²) in [6.07, 6.45) is 6.88. The average molecular weight is 811 g/mol. The number of carbonyl (C=O) groups excluding carboxylic acids is 5. The molecule has 0 aliphatic heterocycles. The minimum absolute atomic E-state index is 0.0296. The molecule has 310 valence electrons. The number of hydrogen-bond donors (Lipinski definition) is 4. The van der Waals surface area contributed by atoms with Crippen LogP contribution in [0.4, 0.5) is 5.69 Å². The quantitative estimate of drug-likeness (QED) is 0.120. The SMILES string of the molecule is C[C@]12C=CC(=O)C=C1CC[C@@H]1[C@@H]2[C@@H](O)C[C@@]2(C)[C@H]1CC[C@]2(O)C(=O)COC(=O)c1ccc(C(=O)OCc2ccc([C@@H](CN)C(=O)Nc3ccc4ccccc4c3)cc2)cc1. The highest BCUT2D eigenvalue weighted by atomic mass is 16.5. The highest BCUT2D eigenvalue weighted by Gasteiger charge is 2.68. The van der Waals surface area contributed by atoms with E-state index in [9.17, 15) is 34.2 Å². The number of esters is 2. The molecule has 0 aromatic heterocycles. The van der Waals surface area contributed by atoms with Gasteiger partial charge in [-0.25, -0.2) is 9.59 Å². The molecule has 4 aliphatic carbocycles. The molecule has 3 fully saturated rings. The van der Waals surface area contributed by atoms with E-state index >= 15 is 0 Å². The fraction of sp³-hybridized carbons (Fsp3) is 0.367. The van der Waals surface area contributed by atoms with Crippen LogP contribution in [-0.4, -0.2) is 64.5 Å². The normalized spacial score (nSPS) is 28.4. The molecule has 0 saturated heterocycles. The number of carbonyl (C=O) groups is 5. The Morgan fingerprint density at radius 1 is 0.883 bits per heavy atom. The van der Waals surface area contributed by atoms with Gasteiger partial charge in [0.05, 0.1) is 23.1 Å². The zero-order valence-electron chi connectivity index (χ0n) is 33.8. The Bertz CT molecular complexity index is 2420. The van der Waals surface area contributed by atoms with Crippen molar-refractivity contribution in [3.05, 3.63) is 137 Å². The average Bonchev–Trinajstić information content (AvgIpc) is 3.52. The second kappa shape index (κ2) is 16.0. The van der Waals surface area contributed by atoms with Gasteiger partial charge in [-0.2, -0.15) is 0 Å². The molecule has 4 aliphatic rings. The van der Waals surface area contributed by atoms with Crippen molar-refractivity contribution in [2.45, 2.75) is 70.2 Å². The van der Waals surface area contributed by atoms with Crippen LogP contribution in [0.25, 0.3) is 10.8 Å². The predicted octanol–water partition coefficient (Wildman–Crippen LogP) is 6.61. The van der Waals surface area contributed by atoms with Crippen molar-refractivity contribution in [2.24, 2.45) is 34.3 Å². The smallest absolute Gasteiger partial charge is 0.338 e. The molecule has 8 atom stereocenters. The molecule has 0 bridgehead atoms. The molecule has 3 saturated carbocycles. The van der Waals surface area contributed by atoms with Gasteiger partial charge in [0.15, 0.2) is 12.4 Å². The van der Waals surface area contributed by atoms with E-state index in [0.29, 0.717) is 24.1 Å². The summed E-state index contributed by atoms with van der Waals surface area (Å²) in [6.45, 7) is 3.38. The minimum atomic E-state index is -1.79. The van der Waals surface area contributed by atoms with Crippen molar-refractivity contribution in [3.8, 4) is 0 Å². The molecular weight excluding hydrogens is 761 g/mol. The summed E-state index contributed by atoms with van der Waals surface area (Å²) >= 11 is 0. The van der Waals surface area contributed by atoms with Gasteiger partial charge < -0.3 is 30.7 Å². The molecule has 0 unspecified atom stereocenters. The maximum atomic E-state index is 13.7.